The zero-order chi connectivity index (χ0) is 16.9. The van der Waals surface area contributed by atoms with Gasteiger partial charge < -0.3 is 9.67 Å². The molecule has 6 heteroatoms. The number of fused-ring (bicyclic) bond motifs is 1. The molecule has 22 heavy (non-hydrogen) atoms. The lowest BCUT2D eigenvalue weighted by atomic mass is 9.89. The standard InChI is InChI=1S/C16H18F3NO2/c1-9(2)20-12-6-5-11(16(17,18)19)7-10(12)8-13(20)15(3,4)14(21)22/h5-9H,1-4H3,(H,21,22). The molecule has 0 saturated heterocycles. The lowest BCUT2D eigenvalue weighted by Crippen LogP contribution is -2.31. The summed E-state index contributed by atoms with van der Waals surface area (Å²) in [7, 11) is 0. The Hall–Kier alpha value is -1.98. The molecule has 120 valence electrons. The Morgan fingerprint density at radius 2 is 1.77 bits per heavy atom. The molecule has 0 atom stereocenters. The molecule has 2 rings (SSSR count). The minimum atomic E-state index is -4.42. The van der Waals surface area contributed by atoms with E-state index in [1.54, 1.807) is 24.5 Å². The van der Waals surface area contributed by atoms with Crippen LogP contribution in [-0.4, -0.2) is 15.6 Å². The third kappa shape index (κ3) is 2.58. The first-order chi connectivity index (χ1) is 9.96. The maximum Gasteiger partial charge on any atom is 0.416 e. The second-order valence-corrected chi connectivity index (χ2v) is 6.19. The predicted octanol–water partition coefficient (Wildman–Crippen LogP) is 4.60. The first kappa shape index (κ1) is 16.4. The van der Waals surface area contributed by atoms with Crippen LogP contribution in [-0.2, 0) is 16.4 Å². The number of nitrogens with zero attached hydrogens (tertiary/aromatic N) is 1. The number of rotatable bonds is 3. The molecule has 0 fully saturated rings. The van der Waals surface area contributed by atoms with E-state index in [-0.39, 0.29) is 6.04 Å². The van der Waals surface area contributed by atoms with Crippen molar-refractivity contribution in [3.8, 4) is 0 Å². The summed E-state index contributed by atoms with van der Waals surface area (Å²) in [4.78, 5) is 11.5. The monoisotopic (exact) mass is 313 g/mol. The molecular weight excluding hydrogens is 295 g/mol. The van der Waals surface area contributed by atoms with Crippen LogP contribution in [0.1, 0.15) is 45.0 Å². The Balaban J connectivity index is 2.78. The quantitative estimate of drug-likeness (QED) is 0.899. The molecule has 1 aromatic carbocycles. The second kappa shape index (κ2) is 5.04. The van der Waals surface area contributed by atoms with Gasteiger partial charge in [0.2, 0.25) is 0 Å². The van der Waals surface area contributed by atoms with Gasteiger partial charge in [-0.2, -0.15) is 13.2 Å². The molecule has 0 spiro atoms. The summed E-state index contributed by atoms with van der Waals surface area (Å²) < 4.78 is 40.3. The zero-order valence-corrected chi connectivity index (χ0v) is 12.8. The number of hydrogen-bond acceptors (Lipinski definition) is 1. The van der Waals surface area contributed by atoms with Crippen molar-refractivity contribution >= 4 is 16.9 Å². The summed E-state index contributed by atoms with van der Waals surface area (Å²) in [6, 6.07) is 4.97. The summed E-state index contributed by atoms with van der Waals surface area (Å²) in [5.41, 5.74) is -0.834. The molecule has 0 amide bonds. The Labute approximate surface area is 126 Å². The highest BCUT2D eigenvalue weighted by Crippen LogP contribution is 2.36. The topological polar surface area (TPSA) is 42.2 Å². The number of aromatic nitrogens is 1. The van der Waals surface area contributed by atoms with Gasteiger partial charge in [-0.25, -0.2) is 0 Å². The first-order valence-corrected chi connectivity index (χ1v) is 6.92. The van der Waals surface area contributed by atoms with Crippen LogP contribution in [0.4, 0.5) is 13.2 Å². The minimum absolute atomic E-state index is 0.0668. The van der Waals surface area contributed by atoms with Gasteiger partial charge in [-0.05, 0) is 52.0 Å². The van der Waals surface area contributed by atoms with E-state index in [1.807, 2.05) is 13.8 Å². The molecule has 1 heterocycles. The molecule has 0 bridgehead atoms. The Morgan fingerprint density at radius 3 is 2.23 bits per heavy atom. The van der Waals surface area contributed by atoms with Crippen molar-refractivity contribution in [3.63, 3.8) is 0 Å². The third-order valence-electron chi connectivity index (χ3n) is 3.86. The van der Waals surface area contributed by atoms with Gasteiger partial charge in [-0.3, -0.25) is 4.79 Å². The fraction of sp³-hybridized carbons (Fsp3) is 0.438. The van der Waals surface area contributed by atoms with E-state index in [4.69, 9.17) is 0 Å². The third-order valence-corrected chi connectivity index (χ3v) is 3.86. The van der Waals surface area contributed by atoms with Crippen molar-refractivity contribution < 1.29 is 23.1 Å². The SMILES string of the molecule is CC(C)n1c(C(C)(C)C(=O)O)cc2cc(C(F)(F)F)ccc21. The maximum absolute atomic E-state index is 12.8. The molecule has 0 radical (unpaired) electrons. The molecule has 0 aliphatic carbocycles. The summed E-state index contributed by atoms with van der Waals surface area (Å²) >= 11 is 0. The summed E-state index contributed by atoms with van der Waals surface area (Å²) in [6.45, 7) is 6.84. The number of carbonyl (C=O) groups is 1. The molecular formula is C16H18F3NO2. The van der Waals surface area contributed by atoms with Crippen LogP contribution in [0.2, 0.25) is 0 Å². The van der Waals surface area contributed by atoms with Gasteiger partial charge in [-0.1, -0.05) is 0 Å². The van der Waals surface area contributed by atoms with Crippen molar-refractivity contribution in [1.82, 2.24) is 4.57 Å². The normalized spacial score (nSPS) is 13.1. The molecule has 0 unspecified atom stereocenters. The Kier molecular flexibility index (Phi) is 3.75. The maximum atomic E-state index is 12.8. The average molecular weight is 313 g/mol. The Bertz CT molecular complexity index is 727. The molecule has 0 aliphatic rings. The van der Waals surface area contributed by atoms with Gasteiger partial charge in [0.05, 0.1) is 5.56 Å². The van der Waals surface area contributed by atoms with E-state index >= 15 is 0 Å². The van der Waals surface area contributed by atoms with Crippen molar-refractivity contribution in [3.05, 3.63) is 35.5 Å². The molecule has 1 aromatic heterocycles. The first-order valence-electron chi connectivity index (χ1n) is 6.92. The summed E-state index contributed by atoms with van der Waals surface area (Å²) in [6.07, 6.45) is -4.42. The molecule has 0 aliphatic heterocycles. The minimum Gasteiger partial charge on any atom is -0.481 e. The van der Waals surface area contributed by atoms with Crippen LogP contribution in [0.25, 0.3) is 10.9 Å². The average Bonchev–Trinajstić information content (AvgIpc) is 2.76. The van der Waals surface area contributed by atoms with Gasteiger partial charge in [-0.15, -0.1) is 0 Å². The van der Waals surface area contributed by atoms with Gasteiger partial charge in [0.25, 0.3) is 0 Å². The number of halogens is 3. The number of hydrogen-bond donors (Lipinski definition) is 1. The van der Waals surface area contributed by atoms with Crippen molar-refractivity contribution in [2.45, 2.75) is 45.3 Å². The van der Waals surface area contributed by atoms with Crippen molar-refractivity contribution in [2.24, 2.45) is 0 Å². The fourth-order valence-electron chi connectivity index (χ4n) is 2.56. The summed E-state index contributed by atoms with van der Waals surface area (Å²) in [5.74, 6) is -1.02. The van der Waals surface area contributed by atoms with E-state index in [2.05, 4.69) is 0 Å². The van der Waals surface area contributed by atoms with Crippen LogP contribution in [0.15, 0.2) is 24.3 Å². The highest BCUT2D eigenvalue weighted by Gasteiger charge is 2.35. The predicted molar refractivity (Wildman–Crippen MR) is 78.0 cm³/mol. The molecule has 0 saturated carbocycles. The lowest BCUT2D eigenvalue weighted by Gasteiger charge is -2.24. The van der Waals surface area contributed by atoms with Crippen LogP contribution >= 0.6 is 0 Å². The summed E-state index contributed by atoms with van der Waals surface area (Å²) in [5, 5.41) is 9.81. The van der Waals surface area contributed by atoms with Crippen LogP contribution in [0, 0.1) is 0 Å². The number of carboxylic acid groups (broad SMARTS) is 1. The van der Waals surface area contributed by atoms with Crippen LogP contribution < -0.4 is 0 Å². The Morgan fingerprint density at radius 1 is 1.18 bits per heavy atom. The van der Waals surface area contributed by atoms with Crippen molar-refractivity contribution in [1.29, 1.82) is 0 Å². The van der Waals surface area contributed by atoms with Gasteiger partial charge in [0, 0.05) is 22.6 Å². The van der Waals surface area contributed by atoms with Crippen molar-refractivity contribution in [2.75, 3.05) is 0 Å². The number of benzene rings is 1. The van der Waals surface area contributed by atoms with E-state index in [1.165, 1.54) is 6.07 Å². The number of carboxylic acids is 1. The number of alkyl halides is 3. The number of aliphatic carboxylic acids is 1. The fourth-order valence-corrected chi connectivity index (χ4v) is 2.56. The highest BCUT2D eigenvalue weighted by molar-refractivity contribution is 5.87. The van der Waals surface area contributed by atoms with Crippen LogP contribution in [0.5, 0.6) is 0 Å². The highest BCUT2D eigenvalue weighted by atomic mass is 19.4. The molecule has 3 nitrogen and oxygen atoms in total. The van der Waals surface area contributed by atoms with Gasteiger partial charge >= 0.3 is 12.1 Å². The van der Waals surface area contributed by atoms with Gasteiger partial charge in [0.1, 0.15) is 5.41 Å². The molecule has 2 aromatic rings. The van der Waals surface area contributed by atoms with E-state index in [9.17, 15) is 23.1 Å². The molecule has 1 N–H and O–H groups in total. The smallest absolute Gasteiger partial charge is 0.416 e. The zero-order valence-electron chi connectivity index (χ0n) is 12.8. The lowest BCUT2D eigenvalue weighted by molar-refractivity contribution is -0.142. The van der Waals surface area contributed by atoms with Crippen LogP contribution in [0.3, 0.4) is 0 Å². The van der Waals surface area contributed by atoms with Gasteiger partial charge in [0.15, 0.2) is 0 Å². The largest absolute Gasteiger partial charge is 0.481 e. The van der Waals surface area contributed by atoms with E-state index in [0.29, 0.717) is 16.6 Å². The van der Waals surface area contributed by atoms with E-state index in [0.717, 1.165) is 12.1 Å². The second-order valence-electron chi connectivity index (χ2n) is 6.19. The van der Waals surface area contributed by atoms with E-state index < -0.39 is 23.1 Å².